The van der Waals surface area contributed by atoms with E-state index in [1.54, 1.807) is 12.4 Å². The Morgan fingerprint density at radius 1 is 1.30 bits per heavy atom. The molecule has 1 aromatic carbocycles. The van der Waals surface area contributed by atoms with Gasteiger partial charge in [0.05, 0.1) is 6.54 Å². The molecule has 1 fully saturated rings. The van der Waals surface area contributed by atoms with Crippen LogP contribution in [0.2, 0.25) is 0 Å². The van der Waals surface area contributed by atoms with Crippen molar-refractivity contribution in [1.82, 2.24) is 15.3 Å². The molecule has 1 aromatic heterocycles. The number of nitrogens with one attached hydrogen (secondary N) is 3. The smallest absolute Gasteiger partial charge is 0.238 e. The molecule has 5 nitrogen and oxygen atoms in total. The van der Waals surface area contributed by atoms with Gasteiger partial charge in [0.2, 0.25) is 5.91 Å². The second kappa shape index (κ2) is 5.88. The lowest BCUT2D eigenvalue weighted by molar-refractivity contribution is -0.115. The van der Waals surface area contributed by atoms with Crippen LogP contribution in [0.4, 0.5) is 5.69 Å². The van der Waals surface area contributed by atoms with E-state index in [1.165, 1.54) is 12.8 Å². The third-order valence-corrected chi connectivity index (χ3v) is 3.36. The number of hydrogen-bond acceptors (Lipinski definition) is 3. The predicted molar refractivity (Wildman–Crippen MR) is 78.2 cm³/mol. The van der Waals surface area contributed by atoms with E-state index in [1.807, 2.05) is 24.3 Å². The van der Waals surface area contributed by atoms with Gasteiger partial charge >= 0.3 is 0 Å². The molecule has 1 heterocycles. The average molecular weight is 270 g/mol. The Labute approximate surface area is 117 Å². The molecule has 0 radical (unpaired) electrons. The topological polar surface area (TPSA) is 69.8 Å². The van der Waals surface area contributed by atoms with Gasteiger partial charge in [-0.15, -0.1) is 0 Å². The van der Waals surface area contributed by atoms with E-state index in [4.69, 9.17) is 0 Å². The molecule has 0 bridgehead atoms. The molecule has 0 spiro atoms. The summed E-state index contributed by atoms with van der Waals surface area (Å²) >= 11 is 0. The molecule has 0 aliphatic heterocycles. The Kier molecular flexibility index (Phi) is 3.78. The second-order valence-corrected chi connectivity index (χ2v) is 5.14. The number of rotatable bonds is 6. The van der Waals surface area contributed by atoms with Crippen molar-refractivity contribution in [3.63, 3.8) is 0 Å². The molecule has 0 unspecified atom stereocenters. The number of H-pyrrole nitrogens is 1. The van der Waals surface area contributed by atoms with Crippen LogP contribution < -0.4 is 10.6 Å². The summed E-state index contributed by atoms with van der Waals surface area (Å²) in [7, 11) is 0. The third kappa shape index (κ3) is 3.45. The van der Waals surface area contributed by atoms with Crippen LogP contribution in [0, 0.1) is 5.92 Å². The van der Waals surface area contributed by atoms with Crippen LogP contribution in [0.1, 0.15) is 12.8 Å². The summed E-state index contributed by atoms with van der Waals surface area (Å²) in [5.74, 6) is 1.61. The lowest BCUT2D eigenvalue weighted by Crippen LogP contribution is -2.29. The van der Waals surface area contributed by atoms with Crippen molar-refractivity contribution in [3.8, 4) is 11.4 Å². The van der Waals surface area contributed by atoms with Gasteiger partial charge in [-0.3, -0.25) is 4.79 Å². The molecule has 1 aliphatic carbocycles. The van der Waals surface area contributed by atoms with Crippen LogP contribution in [-0.2, 0) is 4.79 Å². The largest absolute Gasteiger partial charge is 0.345 e. The molecule has 2 aromatic rings. The van der Waals surface area contributed by atoms with Gasteiger partial charge in [-0.25, -0.2) is 4.98 Å². The van der Waals surface area contributed by atoms with Crippen molar-refractivity contribution in [1.29, 1.82) is 0 Å². The molecule has 1 saturated carbocycles. The number of hydrogen-bond donors (Lipinski definition) is 3. The van der Waals surface area contributed by atoms with E-state index in [2.05, 4.69) is 20.6 Å². The van der Waals surface area contributed by atoms with Crippen LogP contribution in [-0.4, -0.2) is 29.0 Å². The van der Waals surface area contributed by atoms with Crippen molar-refractivity contribution >= 4 is 11.6 Å². The molecule has 1 amide bonds. The first kappa shape index (κ1) is 12.9. The molecule has 5 heteroatoms. The Morgan fingerprint density at radius 3 is 2.75 bits per heavy atom. The van der Waals surface area contributed by atoms with Gasteiger partial charge in [0.1, 0.15) is 5.82 Å². The first-order valence-corrected chi connectivity index (χ1v) is 6.91. The minimum absolute atomic E-state index is 0.00333. The number of benzene rings is 1. The van der Waals surface area contributed by atoms with Gasteiger partial charge in [-0.05, 0) is 49.6 Å². The molecule has 0 atom stereocenters. The molecular formula is C15H18N4O. The number of aromatic nitrogens is 2. The Hall–Kier alpha value is -2.14. The van der Waals surface area contributed by atoms with Gasteiger partial charge in [-0.2, -0.15) is 0 Å². The molecular weight excluding hydrogens is 252 g/mol. The summed E-state index contributed by atoms with van der Waals surface area (Å²) in [5.41, 5.74) is 1.80. The maximum atomic E-state index is 11.7. The first-order chi connectivity index (χ1) is 9.81. The van der Waals surface area contributed by atoms with Crippen LogP contribution >= 0.6 is 0 Å². The highest BCUT2D eigenvalue weighted by atomic mass is 16.1. The van der Waals surface area contributed by atoms with Crippen LogP contribution in [0.3, 0.4) is 0 Å². The summed E-state index contributed by atoms with van der Waals surface area (Å²) in [4.78, 5) is 19.0. The van der Waals surface area contributed by atoms with E-state index in [9.17, 15) is 4.79 Å². The Bertz CT molecular complexity index is 558. The normalized spacial score (nSPS) is 14.2. The minimum Gasteiger partial charge on any atom is -0.345 e. The zero-order chi connectivity index (χ0) is 13.8. The van der Waals surface area contributed by atoms with Gasteiger partial charge in [-0.1, -0.05) is 0 Å². The highest BCUT2D eigenvalue weighted by Gasteiger charge is 2.20. The van der Waals surface area contributed by atoms with E-state index in [-0.39, 0.29) is 5.91 Å². The SMILES string of the molecule is O=C(CNCC1CC1)Nc1ccc(-c2ncc[nH]2)cc1. The molecule has 3 N–H and O–H groups in total. The van der Waals surface area contributed by atoms with Gasteiger partial charge in [0.15, 0.2) is 0 Å². The standard InChI is InChI=1S/C15H18N4O/c20-14(10-16-9-11-1-2-11)19-13-5-3-12(4-6-13)15-17-7-8-18-15/h3-8,11,16H,1-2,9-10H2,(H,17,18)(H,19,20). The van der Waals surface area contributed by atoms with E-state index < -0.39 is 0 Å². The Balaban J connectivity index is 1.50. The van der Waals surface area contributed by atoms with Crippen LogP contribution in [0.5, 0.6) is 0 Å². The quantitative estimate of drug-likeness (QED) is 0.752. The molecule has 20 heavy (non-hydrogen) atoms. The number of amides is 1. The maximum absolute atomic E-state index is 11.7. The van der Waals surface area contributed by atoms with Crippen molar-refractivity contribution in [2.24, 2.45) is 5.92 Å². The predicted octanol–water partition coefficient (Wildman–Crippen LogP) is 2.01. The maximum Gasteiger partial charge on any atom is 0.238 e. The summed E-state index contributed by atoms with van der Waals surface area (Å²) in [5, 5.41) is 6.05. The molecule has 3 rings (SSSR count). The fraction of sp³-hybridized carbons (Fsp3) is 0.333. The highest BCUT2D eigenvalue weighted by Crippen LogP contribution is 2.27. The lowest BCUT2D eigenvalue weighted by atomic mass is 10.2. The van der Waals surface area contributed by atoms with Gasteiger partial charge in [0.25, 0.3) is 0 Å². The number of aromatic amines is 1. The van der Waals surface area contributed by atoms with Gasteiger partial charge in [0, 0.05) is 23.6 Å². The number of imidazole rings is 1. The van der Waals surface area contributed by atoms with Crippen LogP contribution in [0.15, 0.2) is 36.7 Å². The number of nitrogens with zero attached hydrogens (tertiary/aromatic N) is 1. The fourth-order valence-electron chi connectivity index (χ4n) is 2.05. The first-order valence-electron chi connectivity index (χ1n) is 6.91. The zero-order valence-electron chi connectivity index (χ0n) is 11.2. The molecule has 1 aliphatic rings. The highest BCUT2D eigenvalue weighted by molar-refractivity contribution is 5.92. The summed E-state index contributed by atoms with van der Waals surface area (Å²) in [6.07, 6.45) is 6.10. The van der Waals surface area contributed by atoms with Gasteiger partial charge < -0.3 is 15.6 Å². The number of anilines is 1. The van der Waals surface area contributed by atoms with Crippen molar-refractivity contribution in [3.05, 3.63) is 36.7 Å². The summed E-state index contributed by atoms with van der Waals surface area (Å²) in [6, 6.07) is 7.64. The van der Waals surface area contributed by atoms with Crippen molar-refractivity contribution in [2.75, 3.05) is 18.4 Å². The fourth-order valence-corrected chi connectivity index (χ4v) is 2.05. The average Bonchev–Trinajstić information content (AvgIpc) is 3.11. The molecule has 104 valence electrons. The summed E-state index contributed by atoms with van der Waals surface area (Å²) < 4.78 is 0. The zero-order valence-corrected chi connectivity index (χ0v) is 11.2. The third-order valence-electron chi connectivity index (χ3n) is 3.36. The molecule has 0 saturated heterocycles. The monoisotopic (exact) mass is 270 g/mol. The minimum atomic E-state index is -0.00333. The van der Waals surface area contributed by atoms with E-state index >= 15 is 0 Å². The van der Waals surface area contributed by atoms with Crippen LogP contribution in [0.25, 0.3) is 11.4 Å². The van der Waals surface area contributed by atoms with E-state index in [0.29, 0.717) is 6.54 Å². The lowest BCUT2D eigenvalue weighted by Gasteiger charge is -2.07. The Morgan fingerprint density at radius 2 is 2.10 bits per heavy atom. The second-order valence-electron chi connectivity index (χ2n) is 5.14. The summed E-state index contributed by atoms with van der Waals surface area (Å²) in [6.45, 7) is 1.32. The van der Waals surface area contributed by atoms with Crippen molar-refractivity contribution in [2.45, 2.75) is 12.8 Å². The van der Waals surface area contributed by atoms with E-state index in [0.717, 1.165) is 29.5 Å². The number of carbonyl (C=O) groups is 1. The number of carbonyl (C=O) groups excluding carboxylic acids is 1. The van der Waals surface area contributed by atoms with Crippen molar-refractivity contribution < 1.29 is 4.79 Å².